The molecule has 0 saturated heterocycles. The molecule has 0 aliphatic heterocycles. The van der Waals surface area contributed by atoms with Gasteiger partial charge in [0.1, 0.15) is 23.7 Å². The molecule has 0 atom stereocenters. The summed E-state index contributed by atoms with van der Waals surface area (Å²) in [7, 11) is 0. The molecule has 0 aliphatic carbocycles. The lowest BCUT2D eigenvalue weighted by molar-refractivity contribution is 0.309. The summed E-state index contributed by atoms with van der Waals surface area (Å²) >= 11 is 1.66. The molecule has 20 heavy (non-hydrogen) atoms. The highest BCUT2D eigenvalue weighted by Crippen LogP contribution is 2.25. The van der Waals surface area contributed by atoms with Gasteiger partial charge in [0.2, 0.25) is 0 Å². The predicted molar refractivity (Wildman–Crippen MR) is 77.9 cm³/mol. The van der Waals surface area contributed by atoms with E-state index in [9.17, 15) is 0 Å². The summed E-state index contributed by atoms with van der Waals surface area (Å²) in [6, 6.07) is 8.04. The molecule has 0 spiro atoms. The molecule has 100 valence electrons. The number of hydrogen-bond acceptors (Lipinski definition) is 4. The van der Waals surface area contributed by atoms with Gasteiger partial charge in [0, 0.05) is 6.20 Å². The normalized spacial score (nSPS) is 10.6. The maximum Gasteiger partial charge on any atom is 0.145 e. The van der Waals surface area contributed by atoms with Gasteiger partial charge in [-0.1, -0.05) is 0 Å². The number of imidazole rings is 1. The van der Waals surface area contributed by atoms with Crippen molar-refractivity contribution in [1.82, 2.24) is 9.38 Å². The highest BCUT2D eigenvalue weighted by molar-refractivity contribution is 7.07. The van der Waals surface area contributed by atoms with Crippen LogP contribution in [0.25, 0.3) is 5.52 Å². The SMILES string of the molecule is Cc1nc(CC#N)n2cccc(OCc3ccsc3)c12. The van der Waals surface area contributed by atoms with Crippen LogP contribution >= 0.6 is 11.3 Å². The molecule has 3 aromatic heterocycles. The van der Waals surface area contributed by atoms with Crippen molar-refractivity contribution in [2.75, 3.05) is 0 Å². The molecule has 5 heteroatoms. The maximum absolute atomic E-state index is 8.85. The van der Waals surface area contributed by atoms with E-state index >= 15 is 0 Å². The summed E-state index contributed by atoms with van der Waals surface area (Å²) in [6.07, 6.45) is 2.21. The zero-order chi connectivity index (χ0) is 13.9. The third-order valence-corrected chi connectivity index (χ3v) is 3.82. The second kappa shape index (κ2) is 5.35. The summed E-state index contributed by atoms with van der Waals surface area (Å²) in [5, 5.41) is 13.0. The molecule has 0 amide bonds. The summed E-state index contributed by atoms with van der Waals surface area (Å²) in [5.74, 6) is 1.55. The van der Waals surface area contributed by atoms with E-state index < -0.39 is 0 Å². The summed E-state index contributed by atoms with van der Waals surface area (Å²) in [4.78, 5) is 4.45. The molecule has 3 aromatic rings. The number of rotatable bonds is 4. The van der Waals surface area contributed by atoms with E-state index in [4.69, 9.17) is 10.00 Å². The standard InChI is InChI=1S/C15H13N3OS/c1-11-15-13(19-9-12-5-8-20-10-12)3-2-7-18(15)14(17-11)4-6-16/h2-3,5,7-8,10H,4,9H2,1H3. The van der Waals surface area contributed by atoms with Gasteiger partial charge in [0.25, 0.3) is 0 Å². The highest BCUT2D eigenvalue weighted by Gasteiger charge is 2.12. The van der Waals surface area contributed by atoms with Gasteiger partial charge in [-0.25, -0.2) is 4.98 Å². The topological polar surface area (TPSA) is 50.3 Å². The fourth-order valence-corrected chi connectivity index (χ4v) is 2.86. The van der Waals surface area contributed by atoms with Crippen molar-refractivity contribution in [3.63, 3.8) is 0 Å². The van der Waals surface area contributed by atoms with Crippen molar-refractivity contribution >= 4 is 16.9 Å². The molecule has 3 rings (SSSR count). The lowest BCUT2D eigenvalue weighted by Gasteiger charge is -2.08. The molecule has 0 fully saturated rings. The number of ether oxygens (including phenoxy) is 1. The second-order valence-electron chi connectivity index (χ2n) is 4.46. The first-order valence-corrected chi connectivity index (χ1v) is 7.21. The molecule has 0 unspecified atom stereocenters. The molecule has 4 nitrogen and oxygen atoms in total. The number of fused-ring (bicyclic) bond motifs is 1. The Morgan fingerprint density at radius 1 is 1.45 bits per heavy atom. The van der Waals surface area contributed by atoms with Crippen LogP contribution in [0.5, 0.6) is 5.75 Å². The number of nitrogens with zero attached hydrogens (tertiary/aromatic N) is 3. The zero-order valence-electron chi connectivity index (χ0n) is 11.0. The van der Waals surface area contributed by atoms with Crippen LogP contribution < -0.4 is 4.74 Å². The lowest BCUT2D eigenvalue weighted by atomic mass is 10.3. The van der Waals surface area contributed by atoms with E-state index in [1.165, 1.54) is 0 Å². The smallest absolute Gasteiger partial charge is 0.145 e. The van der Waals surface area contributed by atoms with E-state index in [0.29, 0.717) is 13.0 Å². The van der Waals surface area contributed by atoms with E-state index in [2.05, 4.69) is 22.5 Å². The lowest BCUT2D eigenvalue weighted by Crippen LogP contribution is -1.98. The Morgan fingerprint density at radius 3 is 3.10 bits per heavy atom. The molecular formula is C15H13N3OS. The van der Waals surface area contributed by atoms with E-state index in [-0.39, 0.29) is 0 Å². The molecule has 3 heterocycles. The Hall–Kier alpha value is -2.32. The van der Waals surface area contributed by atoms with Gasteiger partial charge < -0.3 is 4.74 Å². The average molecular weight is 283 g/mol. The summed E-state index contributed by atoms with van der Waals surface area (Å²) in [5.41, 5.74) is 2.98. The van der Waals surface area contributed by atoms with Gasteiger partial charge in [-0.15, -0.1) is 0 Å². The highest BCUT2D eigenvalue weighted by atomic mass is 32.1. The third kappa shape index (κ3) is 2.26. The molecule has 0 aromatic carbocycles. The van der Waals surface area contributed by atoms with Gasteiger partial charge in [-0.3, -0.25) is 4.40 Å². The van der Waals surface area contributed by atoms with Crippen LogP contribution in [-0.2, 0) is 13.0 Å². The third-order valence-electron chi connectivity index (χ3n) is 3.09. The van der Waals surface area contributed by atoms with Crippen molar-refractivity contribution in [2.24, 2.45) is 0 Å². The minimum atomic E-state index is 0.295. The van der Waals surface area contributed by atoms with Gasteiger partial charge in [-0.2, -0.15) is 16.6 Å². The first-order valence-electron chi connectivity index (χ1n) is 6.27. The van der Waals surface area contributed by atoms with Crippen molar-refractivity contribution in [3.05, 3.63) is 52.2 Å². The number of aromatic nitrogens is 2. The van der Waals surface area contributed by atoms with Crippen molar-refractivity contribution in [3.8, 4) is 11.8 Å². The summed E-state index contributed by atoms with van der Waals surface area (Å²) in [6.45, 7) is 2.48. The van der Waals surface area contributed by atoms with Crippen LogP contribution in [0.2, 0.25) is 0 Å². The molecule has 0 aliphatic rings. The quantitative estimate of drug-likeness (QED) is 0.737. The van der Waals surface area contributed by atoms with Crippen LogP contribution in [0.3, 0.4) is 0 Å². The predicted octanol–water partition coefficient (Wildman–Crippen LogP) is 3.35. The van der Waals surface area contributed by atoms with Crippen LogP contribution in [0.4, 0.5) is 0 Å². The number of thiophene rings is 1. The van der Waals surface area contributed by atoms with E-state index in [1.54, 1.807) is 11.3 Å². The fourth-order valence-electron chi connectivity index (χ4n) is 2.20. The van der Waals surface area contributed by atoms with Crippen LogP contribution in [0, 0.1) is 18.3 Å². The van der Waals surface area contributed by atoms with Crippen LogP contribution in [0.15, 0.2) is 35.2 Å². The van der Waals surface area contributed by atoms with Gasteiger partial charge >= 0.3 is 0 Å². The molecule has 0 bridgehead atoms. The monoisotopic (exact) mass is 283 g/mol. The average Bonchev–Trinajstić information content (AvgIpc) is 3.07. The number of aryl methyl sites for hydroxylation is 1. The number of pyridine rings is 1. The van der Waals surface area contributed by atoms with Crippen molar-refractivity contribution in [2.45, 2.75) is 20.0 Å². The van der Waals surface area contributed by atoms with E-state index in [1.807, 2.05) is 35.0 Å². The number of hydrogen-bond donors (Lipinski definition) is 0. The Balaban J connectivity index is 1.97. The summed E-state index contributed by atoms with van der Waals surface area (Å²) < 4.78 is 7.83. The minimum absolute atomic E-state index is 0.295. The van der Waals surface area contributed by atoms with Gasteiger partial charge in [0.05, 0.1) is 18.2 Å². The fraction of sp³-hybridized carbons (Fsp3) is 0.200. The Bertz CT molecular complexity index is 768. The van der Waals surface area contributed by atoms with Gasteiger partial charge in [-0.05, 0) is 41.4 Å². The van der Waals surface area contributed by atoms with E-state index in [0.717, 1.165) is 28.3 Å². The Morgan fingerprint density at radius 2 is 2.35 bits per heavy atom. The Labute approximate surface area is 120 Å². The largest absolute Gasteiger partial charge is 0.487 e. The zero-order valence-corrected chi connectivity index (χ0v) is 11.9. The molecular weight excluding hydrogens is 270 g/mol. The van der Waals surface area contributed by atoms with Gasteiger partial charge in [0.15, 0.2) is 0 Å². The van der Waals surface area contributed by atoms with Crippen LogP contribution in [-0.4, -0.2) is 9.38 Å². The van der Waals surface area contributed by atoms with Crippen molar-refractivity contribution < 1.29 is 4.74 Å². The molecule has 0 radical (unpaired) electrons. The molecule has 0 N–H and O–H groups in total. The maximum atomic E-state index is 8.85. The Kier molecular flexibility index (Phi) is 3.40. The number of nitriles is 1. The van der Waals surface area contributed by atoms with Crippen LogP contribution in [0.1, 0.15) is 17.1 Å². The second-order valence-corrected chi connectivity index (χ2v) is 5.24. The molecule has 0 saturated carbocycles. The van der Waals surface area contributed by atoms with Crippen molar-refractivity contribution in [1.29, 1.82) is 5.26 Å². The minimum Gasteiger partial charge on any atom is -0.487 e. The first kappa shape index (κ1) is 12.7. The first-order chi connectivity index (χ1) is 9.79.